The second-order valence-corrected chi connectivity index (χ2v) is 25.0. The number of likely N-dealkylation sites (tertiary alicyclic amines) is 3. The van der Waals surface area contributed by atoms with E-state index in [1.165, 1.54) is 26.0 Å². The lowest BCUT2D eigenvalue weighted by Crippen LogP contribution is -2.63. The summed E-state index contributed by atoms with van der Waals surface area (Å²) in [7, 11) is 0. The molecule has 1 aromatic heterocycles. The summed E-state index contributed by atoms with van der Waals surface area (Å²) in [6.45, 7) is -1.46. The second kappa shape index (κ2) is 33.6. The average molecular weight is 1300 g/mol. The molecule has 33 heteroatoms. The molecular formula is C59H89N19O13S. The van der Waals surface area contributed by atoms with Crippen LogP contribution >= 0.6 is 11.3 Å². The van der Waals surface area contributed by atoms with Crippen molar-refractivity contribution in [1.82, 2.24) is 46.2 Å². The van der Waals surface area contributed by atoms with Crippen LogP contribution in [-0.2, 0) is 67.3 Å². The number of benzene rings is 1. The number of fused-ring (bicyclic) bond motifs is 2. The van der Waals surface area contributed by atoms with Crippen molar-refractivity contribution in [2.75, 3.05) is 45.9 Å². The zero-order chi connectivity index (χ0) is 66.8. The van der Waals surface area contributed by atoms with Gasteiger partial charge in [0.15, 0.2) is 17.9 Å². The van der Waals surface area contributed by atoms with Crippen LogP contribution in [0.1, 0.15) is 106 Å². The average Bonchev–Trinajstić information content (AvgIpc) is 1.49. The third-order valence-corrected chi connectivity index (χ3v) is 18.3. The van der Waals surface area contributed by atoms with E-state index in [2.05, 4.69) is 41.6 Å². The van der Waals surface area contributed by atoms with Gasteiger partial charge < -0.3 is 102 Å². The number of guanidine groups is 3. The van der Waals surface area contributed by atoms with Gasteiger partial charge in [-0.2, -0.15) is 0 Å². The summed E-state index contributed by atoms with van der Waals surface area (Å²) < 4.78 is 0. The highest BCUT2D eigenvalue weighted by Crippen LogP contribution is 2.41. The van der Waals surface area contributed by atoms with Gasteiger partial charge in [0.05, 0.1) is 25.3 Å². The smallest absolute Gasteiger partial charge is 0.326 e. The Kier molecular flexibility index (Phi) is 25.8. The molecule has 9 amide bonds. The Balaban J connectivity index is 1.02. The van der Waals surface area contributed by atoms with E-state index in [-0.39, 0.29) is 127 Å². The van der Waals surface area contributed by atoms with Crippen molar-refractivity contribution >= 4 is 88.3 Å². The molecule has 92 heavy (non-hydrogen) atoms. The van der Waals surface area contributed by atoms with Gasteiger partial charge >= 0.3 is 5.97 Å². The number of hydrogen-bond donors (Lipinski definition) is 15. The highest BCUT2D eigenvalue weighted by atomic mass is 32.1. The van der Waals surface area contributed by atoms with Crippen LogP contribution in [0.4, 0.5) is 0 Å². The van der Waals surface area contributed by atoms with Crippen LogP contribution in [-0.4, -0.2) is 224 Å². The number of hydrogen-bond acceptors (Lipinski definition) is 17. The summed E-state index contributed by atoms with van der Waals surface area (Å²) >= 11 is 1.27. The molecule has 22 N–H and O–H groups in total. The van der Waals surface area contributed by atoms with Crippen LogP contribution in [0.2, 0.25) is 0 Å². The molecule has 1 aliphatic carbocycles. The van der Waals surface area contributed by atoms with Crippen LogP contribution in [0.3, 0.4) is 0 Å². The molecule has 12 atom stereocenters. The molecule has 504 valence electrons. The van der Waals surface area contributed by atoms with Gasteiger partial charge in [-0.05, 0) is 99.1 Å². The van der Waals surface area contributed by atoms with E-state index in [0.717, 1.165) is 29.7 Å². The number of carboxylic acid groups (broad SMARTS) is 1. The van der Waals surface area contributed by atoms with Crippen LogP contribution in [0.25, 0.3) is 0 Å². The molecule has 0 radical (unpaired) electrons. The minimum atomic E-state index is -1.66. The number of carbonyl (C=O) groups excluding carboxylic acids is 9. The van der Waals surface area contributed by atoms with E-state index in [1.807, 2.05) is 6.07 Å². The first-order chi connectivity index (χ1) is 43.9. The van der Waals surface area contributed by atoms with Gasteiger partial charge in [0, 0.05) is 69.4 Å². The van der Waals surface area contributed by atoms with Crippen LogP contribution in [0.15, 0.2) is 56.8 Å². The normalized spacial score (nSPS) is 22.4. The van der Waals surface area contributed by atoms with Crippen molar-refractivity contribution in [1.29, 1.82) is 0 Å². The zero-order valence-corrected chi connectivity index (χ0v) is 52.3. The van der Waals surface area contributed by atoms with E-state index in [0.29, 0.717) is 29.7 Å². The van der Waals surface area contributed by atoms with Crippen molar-refractivity contribution in [2.24, 2.45) is 61.0 Å². The van der Waals surface area contributed by atoms with Crippen molar-refractivity contribution in [2.45, 2.75) is 176 Å². The van der Waals surface area contributed by atoms with E-state index >= 15 is 4.79 Å². The summed E-state index contributed by atoms with van der Waals surface area (Å²) in [5, 5.41) is 46.8. The second-order valence-electron chi connectivity index (χ2n) is 23.9. The maximum absolute atomic E-state index is 15.3. The number of thiophene rings is 1. The van der Waals surface area contributed by atoms with Gasteiger partial charge in [-0.3, -0.25) is 58.1 Å². The lowest BCUT2D eigenvalue weighted by Gasteiger charge is -2.42. The molecule has 4 aliphatic heterocycles. The van der Waals surface area contributed by atoms with Gasteiger partial charge in [0.2, 0.25) is 53.2 Å². The number of aliphatic imine (C=N–C) groups is 3. The molecule has 0 spiro atoms. The van der Waals surface area contributed by atoms with E-state index in [1.54, 1.807) is 35.7 Å². The third-order valence-electron chi connectivity index (χ3n) is 17.4. The largest absolute Gasteiger partial charge is 0.480 e. The van der Waals surface area contributed by atoms with E-state index in [4.69, 9.17) is 40.1 Å². The van der Waals surface area contributed by atoms with Gasteiger partial charge in [0.1, 0.15) is 48.3 Å². The molecule has 1 aromatic carbocycles. The summed E-state index contributed by atoms with van der Waals surface area (Å²) in [4.78, 5) is 159. The predicted molar refractivity (Wildman–Crippen MR) is 338 cm³/mol. The first kappa shape index (κ1) is 70.8. The SMILES string of the molecule is NC(N)=NCCC[C@H](NC(=O)[C@@H]1CC2CCCCC2N1C(=O)[C@H]1Cc2ccccc2CN1C(=O)[C@H](CO)NC(=O)[C@@H](Cc1cccs1)NC(=O)CNC(=O)[C@@H]1C[C@@H](O)CN1C(=O)[C@@H]1CCCN1C(=O)[C@H](CCCN=C(N)N)NC(=O)[C@@H](N)CCCN=C(N)N)C(=O)O. The molecule has 5 heterocycles. The molecule has 3 saturated heterocycles. The molecule has 2 aromatic rings. The standard InChI is InChI=1S/C59H89N19O13S/c60-37(14-5-19-67-57(61)62)48(82)72-38(15-6-20-68-58(63)64)52(86)75-22-8-18-43(75)54(88)77-30-35(80)26-44(77)50(84)70-28-47(81)71-40(27-36-13-9-23-92-36)49(83)74-41(31-79)53(87)76-29-34-12-2-1-10-32(34)24-46(76)55(89)78-42-17-4-3-11-33(42)25-45(78)51(85)73-39(56(90)91)16-7-21-69-59(65)66/h1-2,9-10,12-13,23,33,35,37-46,79-80H,3-8,11,14-22,24-31,60H2,(H,70,84)(H,71,81)(H,72,82)(H,73,85)(H,74,83)(H,90,91)(H4,61,62,67)(H4,63,64,68)(H4,65,66,69)/t33?,35-,37+,38+,39+,40-,41+,42?,43+,44+,45+,46-/m1/s1. The minimum absolute atomic E-state index is 0.00000960. The van der Waals surface area contributed by atoms with E-state index in [9.17, 15) is 58.5 Å². The fourth-order valence-corrected chi connectivity index (χ4v) is 13.6. The van der Waals surface area contributed by atoms with Crippen molar-refractivity contribution in [3.63, 3.8) is 0 Å². The Labute approximate surface area is 536 Å². The van der Waals surface area contributed by atoms with Crippen molar-refractivity contribution in [3.05, 3.63) is 57.8 Å². The quantitative estimate of drug-likeness (QED) is 0.0198. The Bertz CT molecular complexity index is 3050. The summed E-state index contributed by atoms with van der Waals surface area (Å²) in [5.41, 5.74) is 40.3. The molecule has 0 bridgehead atoms. The third kappa shape index (κ3) is 19.0. The number of aliphatic hydroxyl groups is 2. The number of aliphatic hydroxyl groups excluding tert-OH is 2. The van der Waals surface area contributed by atoms with Gasteiger partial charge in [0.25, 0.3) is 0 Å². The first-order valence-electron chi connectivity index (χ1n) is 31.2. The maximum atomic E-state index is 15.3. The number of amides is 9. The van der Waals surface area contributed by atoms with Crippen LogP contribution < -0.4 is 66.7 Å². The summed E-state index contributed by atoms with van der Waals surface area (Å²) in [6.07, 6.45) is 3.42. The Morgan fingerprint density at radius 3 is 1.89 bits per heavy atom. The lowest BCUT2D eigenvalue weighted by atomic mass is 9.84. The summed E-state index contributed by atoms with van der Waals surface area (Å²) in [6, 6.07) is -1.07. The topological polar surface area (TPSA) is 524 Å². The van der Waals surface area contributed by atoms with Crippen molar-refractivity contribution in [3.8, 4) is 0 Å². The Morgan fingerprint density at radius 1 is 0.620 bits per heavy atom. The molecular weight excluding hydrogens is 1210 g/mol. The molecule has 5 aliphatic rings. The Hall–Kier alpha value is -8.69. The number of carbonyl (C=O) groups is 10. The number of nitrogens with zero attached hydrogens (tertiary/aromatic N) is 7. The molecule has 2 unspecified atom stereocenters. The fourth-order valence-electron chi connectivity index (χ4n) is 12.9. The molecule has 1 saturated carbocycles. The number of rotatable bonds is 30. The number of aliphatic carboxylic acids is 1. The molecule has 7 rings (SSSR count). The monoisotopic (exact) mass is 1300 g/mol. The number of β-amino-alcohol motifs (C(OH)–C–C–N with tert-alkyl or cyclic N) is 1. The van der Waals surface area contributed by atoms with Crippen LogP contribution in [0.5, 0.6) is 0 Å². The lowest BCUT2D eigenvalue weighted by molar-refractivity contribution is -0.153. The number of nitrogens with two attached hydrogens (primary N) is 7. The minimum Gasteiger partial charge on any atom is -0.480 e. The van der Waals surface area contributed by atoms with Crippen LogP contribution in [0, 0.1) is 5.92 Å². The van der Waals surface area contributed by atoms with Crippen molar-refractivity contribution < 1.29 is 63.3 Å². The number of carboxylic acids is 1. The molecule has 4 fully saturated rings. The first-order valence-corrected chi connectivity index (χ1v) is 32.1. The van der Waals surface area contributed by atoms with Gasteiger partial charge in [-0.25, -0.2) is 4.79 Å². The fraction of sp³-hybridized carbons (Fsp3) is 0.610. The summed E-state index contributed by atoms with van der Waals surface area (Å²) in [5.74, 6) is -8.33. The van der Waals surface area contributed by atoms with Gasteiger partial charge in [-0.1, -0.05) is 43.2 Å². The van der Waals surface area contributed by atoms with Gasteiger partial charge in [-0.15, -0.1) is 11.3 Å². The van der Waals surface area contributed by atoms with E-state index < -0.39 is 139 Å². The zero-order valence-electron chi connectivity index (χ0n) is 51.4. The predicted octanol–water partition coefficient (Wildman–Crippen LogP) is -5.02. The number of nitrogens with one attached hydrogen (secondary N) is 5. The molecule has 32 nitrogen and oxygen atoms in total. The highest BCUT2D eigenvalue weighted by Gasteiger charge is 2.52. The maximum Gasteiger partial charge on any atom is 0.326 e. The Morgan fingerprint density at radius 2 is 1.25 bits per heavy atom. The highest BCUT2D eigenvalue weighted by molar-refractivity contribution is 7.09.